The van der Waals surface area contributed by atoms with Crippen molar-refractivity contribution in [1.82, 2.24) is 10.6 Å². The fourth-order valence-electron chi connectivity index (χ4n) is 2.61. The standard InChI is InChI=1S/C19H30N2O3.ClH/c1-5-6-17(19(23)24)20-12-18(22)21-14(4)16-9-7-15(8-10-16)11-13(2)3;/h7-10,13-14,17,20H,5-6,11-12H2,1-4H3,(H,21,22)(H,23,24);1H. The van der Waals surface area contributed by atoms with Crippen LogP contribution in [0.5, 0.6) is 0 Å². The molecule has 0 aliphatic rings. The van der Waals surface area contributed by atoms with E-state index in [1.807, 2.05) is 26.0 Å². The maximum absolute atomic E-state index is 12.0. The summed E-state index contributed by atoms with van der Waals surface area (Å²) in [5.41, 5.74) is 2.33. The number of carbonyl (C=O) groups is 2. The summed E-state index contributed by atoms with van der Waals surface area (Å²) in [6, 6.07) is 7.48. The van der Waals surface area contributed by atoms with Crippen LogP contribution in [0.2, 0.25) is 0 Å². The average molecular weight is 371 g/mol. The van der Waals surface area contributed by atoms with Crippen molar-refractivity contribution < 1.29 is 14.7 Å². The van der Waals surface area contributed by atoms with Gasteiger partial charge in [-0.3, -0.25) is 14.9 Å². The average Bonchev–Trinajstić information content (AvgIpc) is 2.51. The van der Waals surface area contributed by atoms with Gasteiger partial charge < -0.3 is 10.4 Å². The van der Waals surface area contributed by atoms with E-state index in [9.17, 15) is 9.59 Å². The topological polar surface area (TPSA) is 78.4 Å². The van der Waals surface area contributed by atoms with Gasteiger partial charge in [0.1, 0.15) is 6.04 Å². The van der Waals surface area contributed by atoms with E-state index < -0.39 is 12.0 Å². The number of carboxylic acids is 1. The molecule has 2 unspecified atom stereocenters. The molecular weight excluding hydrogens is 340 g/mol. The maximum atomic E-state index is 12.0. The second-order valence-electron chi connectivity index (χ2n) is 6.69. The number of rotatable bonds is 10. The zero-order valence-electron chi connectivity index (χ0n) is 15.5. The molecule has 0 aliphatic heterocycles. The Morgan fingerprint density at radius 1 is 1.12 bits per heavy atom. The van der Waals surface area contributed by atoms with E-state index in [0.717, 1.165) is 18.4 Å². The van der Waals surface area contributed by atoms with E-state index in [1.165, 1.54) is 5.56 Å². The van der Waals surface area contributed by atoms with Crippen molar-refractivity contribution in [3.63, 3.8) is 0 Å². The van der Waals surface area contributed by atoms with E-state index in [0.29, 0.717) is 12.3 Å². The van der Waals surface area contributed by atoms with Crippen molar-refractivity contribution in [3.05, 3.63) is 35.4 Å². The lowest BCUT2D eigenvalue weighted by molar-refractivity contribution is -0.139. The normalized spacial score (nSPS) is 13.0. The molecule has 0 radical (unpaired) electrons. The third-order valence-electron chi connectivity index (χ3n) is 3.89. The van der Waals surface area contributed by atoms with E-state index in [1.54, 1.807) is 0 Å². The Labute approximate surface area is 157 Å². The minimum atomic E-state index is -0.918. The van der Waals surface area contributed by atoms with E-state index in [-0.39, 0.29) is 30.9 Å². The zero-order chi connectivity index (χ0) is 18.1. The highest BCUT2D eigenvalue weighted by Crippen LogP contribution is 2.15. The monoisotopic (exact) mass is 370 g/mol. The lowest BCUT2D eigenvalue weighted by atomic mass is 10.00. The lowest BCUT2D eigenvalue weighted by Gasteiger charge is -2.17. The molecule has 0 spiro atoms. The van der Waals surface area contributed by atoms with E-state index in [2.05, 4.69) is 36.6 Å². The smallest absolute Gasteiger partial charge is 0.320 e. The first-order valence-corrected chi connectivity index (χ1v) is 8.67. The molecule has 0 saturated carbocycles. The van der Waals surface area contributed by atoms with Gasteiger partial charge in [-0.2, -0.15) is 0 Å². The Kier molecular flexibility index (Phi) is 11.1. The molecule has 1 rings (SSSR count). The molecule has 3 N–H and O–H groups in total. The van der Waals surface area contributed by atoms with Crippen molar-refractivity contribution in [1.29, 1.82) is 0 Å². The van der Waals surface area contributed by atoms with Crippen LogP contribution >= 0.6 is 12.4 Å². The Bertz CT molecular complexity index is 532. The molecule has 142 valence electrons. The molecule has 0 bridgehead atoms. The molecule has 1 aromatic rings. The second kappa shape index (κ2) is 11.9. The number of aliphatic carboxylic acids is 1. The molecule has 6 heteroatoms. The molecule has 2 atom stereocenters. The van der Waals surface area contributed by atoms with E-state index in [4.69, 9.17) is 5.11 Å². The van der Waals surface area contributed by atoms with Gasteiger partial charge in [-0.05, 0) is 36.8 Å². The van der Waals surface area contributed by atoms with Crippen molar-refractivity contribution in [2.45, 2.75) is 59.0 Å². The van der Waals surface area contributed by atoms with Gasteiger partial charge in [0.2, 0.25) is 5.91 Å². The summed E-state index contributed by atoms with van der Waals surface area (Å²) < 4.78 is 0. The fourth-order valence-corrected chi connectivity index (χ4v) is 2.61. The van der Waals surface area contributed by atoms with Crippen LogP contribution in [-0.4, -0.2) is 29.6 Å². The molecule has 0 aliphatic carbocycles. The molecule has 0 fully saturated rings. The van der Waals surface area contributed by atoms with Gasteiger partial charge in [0.05, 0.1) is 12.6 Å². The molecule has 0 saturated heterocycles. The van der Waals surface area contributed by atoms with Crippen LogP contribution in [0.3, 0.4) is 0 Å². The predicted octanol–water partition coefficient (Wildman–Crippen LogP) is 3.33. The van der Waals surface area contributed by atoms with Gasteiger partial charge in [-0.1, -0.05) is 51.5 Å². The first-order valence-electron chi connectivity index (χ1n) is 8.67. The second-order valence-corrected chi connectivity index (χ2v) is 6.69. The fraction of sp³-hybridized carbons (Fsp3) is 0.579. The highest BCUT2D eigenvalue weighted by atomic mass is 35.5. The molecule has 25 heavy (non-hydrogen) atoms. The summed E-state index contributed by atoms with van der Waals surface area (Å²) in [7, 11) is 0. The number of carbonyl (C=O) groups excluding carboxylic acids is 1. The largest absolute Gasteiger partial charge is 0.480 e. The van der Waals surface area contributed by atoms with Crippen molar-refractivity contribution in [3.8, 4) is 0 Å². The third-order valence-corrected chi connectivity index (χ3v) is 3.89. The molecule has 0 aromatic heterocycles. The van der Waals surface area contributed by atoms with Crippen LogP contribution in [0.25, 0.3) is 0 Å². The third kappa shape index (κ3) is 8.89. The van der Waals surface area contributed by atoms with Crippen LogP contribution in [0.15, 0.2) is 24.3 Å². The predicted molar refractivity (Wildman–Crippen MR) is 103 cm³/mol. The first kappa shape index (κ1) is 23.4. The Hall–Kier alpha value is -1.59. The van der Waals surface area contributed by atoms with Crippen molar-refractivity contribution in [2.75, 3.05) is 6.54 Å². The number of carboxylic acid groups (broad SMARTS) is 1. The highest BCUT2D eigenvalue weighted by Gasteiger charge is 2.17. The molecule has 0 heterocycles. The number of amides is 1. The number of hydrogen-bond acceptors (Lipinski definition) is 3. The Morgan fingerprint density at radius 2 is 1.72 bits per heavy atom. The SMILES string of the molecule is CCCC(NCC(=O)NC(C)c1ccc(CC(C)C)cc1)C(=O)O.Cl. The minimum absolute atomic E-state index is 0. The van der Waals surface area contributed by atoms with Crippen molar-refractivity contribution in [2.24, 2.45) is 5.92 Å². The maximum Gasteiger partial charge on any atom is 0.320 e. The highest BCUT2D eigenvalue weighted by molar-refractivity contribution is 5.85. The summed E-state index contributed by atoms with van der Waals surface area (Å²) in [5, 5.41) is 14.8. The molecule has 5 nitrogen and oxygen atoms in total. The molecule has 1 aromatic carbocycles. The van der Waals surface area contributed by atoms with Crippen molar-refractivity contribution >= 4 is 24.3 Å². The number of hydrogen-bond donors (Lipinski definition) is 3. The number of benzene rings is 1. The Morgan fingerprint density at radius 3 is 2.20 bits per heavy atom. The van der Waals surface area contributed by atoms with Gasteiger partial charge in [0.25, 0.3) is 0 Å². The van der Waals surface area contributed by atoms with Gasteiger partial charge in [0, 0.05) is 0 Å². The lowest BCUT2D eigenvalue weighted by Crippen LogP contribution is -2.43. The van der Waals surface area contributed by atoms with Crippen LogP contribution in [0.1, 0.15) is 57.7 Å². The van der Waals surface area contributed by atoms with Crippen LogP contribution < -0.4 is 10.6 Å². The summed E-state index contributed by atoms with van der Waals surface area (Å²) in [6.07, 6.45) is 2.30. The van der Waals surface area contributed by atoms with Gasteiger partial charge in [-0.15, -0.1) is 12.4 Å². The minimum Gasteiger partial charge on any atom is -0.480 e. The zero-order valence-corrected chi connectivity index (χ0v) is 16.4. The van der Waals surface area contributed by atoms with Gasteiger partial charge >= 0.3 is 5.97 Å². The molecular formula is C19H31ClN2O3. The number of nitrogens with one attached hydrogen (secondary N) is 2. The summed E-state index contributed by atoms with van der Waals surface area (Å²) in [5.74, 6) is -0.501. The summed E-state index contributed by atoms with van der Waals surface area (Å²) in [4.78, 5) is 23.1. The van der Waals surface area contributed by atoms with Crippen LogP contribution in [-0.2, 0) is 16.0 Å². The number of halogens is 1. The molecule has 1 amide bonds. The Balaban J connectivity index is 0.00000576. The summed E-state index contributed by atoms with van der Waals surface area (Å²) in [6.45, 7) is 8.23. The first-order chi connectivity index (χ1) is 11.3. The van der Waals surface area contributed by atoms with Gasteiger partial charge in [-0.25, -0.2) is 0 Å². The summed E-state index contributed by atoms with van der Waals surface area (Å²) >= 11 is 0. The van der Waals surface area contributed by atoms with Crippen LogP contribution in [0, 0.1) is 5.92 Å². The van der Waals surface area contributed by atoms with Crippen LogP contribution in [0.4, 0.5) is 0 Å². The van der Waals surface area contributed by atoms with Gasteiger partial charge in [0.15, 0.2) is 0 Å². The van der Waals surface area contributed by atoms with E-state index >= 15 is 0 Å². The quantitative estimate of drug-likeness (QED) is 0.590.